The molecule has 18 heavy (non-hydrogen) atoms. The Labute approximate surface area is 105 Å². The molecule has 1 aromatic heterocycles. The summed E-state index contributed by atoms with van der Waals surface area (Å²) in [5, 5.41) is 4.65. The Morgan fingerprint density at radius 1 is 1.00 bits per heavy atom. The van der Waals surface area contributed by atoms with Crippen molar-refractivity contribution in [3.63, 3.8) is 0 Å². The highest BCUT2D eigenvalue weighted by Crippen LogP contribution is 1.96. The molecule has 0 saturated carbocycles. The number of anilines is 2. The third-order valence-corrected chi connectivity index (χ3v) is 2.07. The van der Waals surface area contributed by atoms with Crippen molar-refractivity contribution in [2.24, 2.45) is 5.14 Å². The molecular weight excluding hydrogens is 254 g/mol. The van der Waals surface area contributed by atoms with Gasteiger partial charge < -0.3 is 5.73 Å². The van der Waals surface area contributed by atoms with Crippen molar-refractivity contribution in [3.05, 3.63) is 48.8 Å². The molecular formula is C10H13N5O2S. The molecule has 0 bridgehead atoms. The Morgan fingerprint density at radius 3 is 1.94 bits per heavy atom. The van der Waals surface area contributed by atoms with Crippen LogP contribution in [0.25, 0.3) is 0 Å². The first-order chi connectivity index (χ1) is 8.47. The number of benzene rings is 1. The molecule has 0 spiro atoms. The summed E-state index contributed by atoms with van der Waals surface area (Å²) in [5.41, 5.74) is 6.18. The van der Waals surface area contributed by atoms with E-state index < -0.39 is 10.2 Å². The molecule has 2 rings (SSSR count). The predicted octanol–water partition coefficient (Wildman–Crippen LogP) is 0.361. The Hall–Kier alpha value is -2.19. The molecule has 2 aromatic rings. The van der Waals surface area contributed by atoms with Gasteiger partial charge in [-0.3, -0.25) is 0 Å². The molecule has 96 valence electrons. The van der Waals surface area contributed by atoms with E-state index in [1.165, 1.54) is 12.4 Å². The summed E-state index contributed by atoms with van der Waals surface area (Å²) < 4.78 is 22.7. The van der Waals surface area contributed by atoms with Crippen molar-refractivity contribution in [2.45, 2.75) is 0 Å². The first-order valence-electron chi connectivity index (χ1n) is 4.85. The minimum absolute atomic E-state index is 0.0324. The van der Waals surface area contributed by atoms with Crippen molar-refractivity contribution >= 4 is 21.8 Å². The fourth-order valence-electron chi connectivity index (χ4n) is 0.932. The minimum atomic E-state index is -3.75. The Balaban J connectivity index is 0.000000199. The summed E-state index contributed by atoms with van der Waals surface area (Å²) in [7, 11) is -3.75. The normalized spacial score (nSPS) is 10.1. The van der Waals surface area contributed by atoms with Crippen LogP contribution in [0.15, 0.2) is 48.8 Å². The molecule has 0 fully saturated rings. The van der Waals surface area contributed by atoms with Gasteiger partial charge in [-0.05, 0) is 18.2 Å². The standard InChI is InChI=1S/C6H7N.C4H6N4O2S/c7-6-4-2-1-3-5-6;5-11(9,10)8-4-6-2-1-3-7-4/h1-5H,7H2;1-3H,(H2,5,9,10)(H,6,7,8). The SMILES string of the molecule is NS(=O)(=O)Nc1ncccn1.Nc1ccccc1. The lowest BCUT2D eigenvalue weighted by Gasteiger charge is -1.98. The average Bonchev–Trinajstić information content (AvgIpc) is 2.30. The largest absolute Gasteiger partial charge is 0.399 e. The van der Waals surface area contributed by atoms with Crippen LogP contribution in [0.3, 0.4) is 0 Å². The van der Waals surface area contributed by atoms with Gasteiger partial charge in [0.25, 0.3) is 10.2 Å². The van der Waals surface area contributed by atoms with E-state index in [0.29, 0.717) is 0 Å². The Kier molecular flexibility index (Phi) is 5.03. The maximum atomic E-state index is 10.4. The molecule has 0 aliphatic heterocycles. The van der Waals surface area contributed by atoms with E-state index in [4.69, 9.17) is 5.73 Å². The molecule has 5 N–H and O–H groups in total. The third-order valence-electron chi connectivity index (χ3n) is 1.60. The van der Waals surface area contributed by atoms with Gasteiger partial charge in [0.1, 0.15) is 0 Å². The lowest BCUT2D eigenvalue weighted by atomic mass is 10.3. The monoisotopic (exact) mass is 267 g/mol. The minimum Gasteiger partial charge on any atom is -0.399 e. The summed E-state index contributed by atoms with van der Waals surface area (Å²) in [6.45, 7) is 0. The molecule has 1 heterocycles. The lowest BCUT2D eigenvalue weighted by Crippen LogP contribution is -2.22. The molecule has 0 radical (unpaired) electrons. The Morgan fingerprint density at radius 2 is 1.56 bits per heavy atom. The number of para-hydroxylation sites is 1. The number of nitrogens with one attached hydrogen (secondary N) is 1. The van der Waals surface area contributed by atoms with Crippen LogP contribution >= 0.6 is 0 Å². The highest BCUT2D eigenvalue weighted by Gasteiger charge is 2.01. The number of nitrogen functional groups attached to an aromatic ring is 1. The number of hydrogen-bond donors (Lipinski definition) is 3. The average molecular weight is 267 g/mol. The number of nitrogens with two attached hydrogens (primary N) is 2. The topological polar surface area (TPSA) is 124 Å². The van der Waals surface area contributed by atoms with Crippen molar-refractivity contribution in [2.75, 3.05) is 10.5 Å². The Bertz CT molecular complexity index is 559. The van der Waals surface area contributed by atoms with Crippen molar-refractivity contribution in [3.8, 4) is 0 Å². The van der Waals surface area contributed by atoms with Crippen LogP contribution in [0.4, 0.5) is 11.6 Å². The van der Waals surface area contributed by atoms with Crippen molar-refractivity contribution in [1.29, 1.82) is 0 Å². The molecule has 0 saturated heterocycles. The molecule has 0 amide bonds. The van der Waals surface area contributed by atoms with Crippen LogP contribution in [-0.4, -0.2) is 18.4 Å². The van der Waals surface area contributed by atoms with E-state index in [1.54, 1.807) is 6.07 Å². The van der Waals surface area contributed by atoms with E-state index in [-0.39, 0.29) is 5.95 Å². The van der Waals surface area contributed by atoms with Crippen molar-refractivity contribution < 1.29 is 8.42 Å². The second kappa shape index (κ2) is 6.52. The fourth-order valence-corrected chi connectivity index (χ4v) is 1.29. The summed E-state index contributed by atoms with van der Waals surface area (Å²) in [5.74, 6) is -0.0324. The zero-order valence-corrected chi connectivity index (χ0v) is 10.2. The summed E-state index contributed by atoms with van der Waals surface area (Å²) in [6, 6.07) is 11.1. The fraction of sp³-hybridized carbons (Fsp3) is 0. The second-order valence-corrected chi connectivity index (χ2v) is 4.42. The van der Waals surface area contributed by atoms with Gasteiger partial charge in [0.05, 0.1) is 0 Å². The van der Waals surface area contributed by atoms with Gasteiger partial charge in [0, 0.05) is 18.1 Å². The van der Waals surface area contributed by atoms with Gasteiger partial charge in [0.15, 0.2) is 0 Å². The van der Waals surface area contributed by atoms with Gasteiger partial charge >= 0.3 is 0 Å². The van der Waals surface area contributed by atoms with E-state index in [0.717, 1.165) is 5.69 Å². The lowest BCUT2D eigenvalue weighted by molar-refractivity contribution is 0.602. The molecule has 1 aromatic carbocycles. The summed E-state index contributed by atoms with van der Waals surface area (Å²) >= 11 is 0. The zero-order valence-electron chi connectivity index (χ0n) is 9.39. The number of aromatic nitrogens is 2. The first-order valence-corrected chi connectivity index (χ1v) is 6.40. The van der Waals surface area contributed by atoms with Crippen LogP contribution < -0.4 is 15.6 Å². The highest BCUT2D eigenvalue weighted by molar-refractivity contribution is 7.90. The van der Waals surface area contributed by atoms with E-state index in [1.807, 2.05) is 35.1 Å². The second-order valence-electron chi connectivity index (χ2n) is 3.13. The summed E-state index contributed by atoms with van der Waals surface area (Å²) in [6.07, 6.45) is 2.81. The number of rotatable bonds is 2. The van der Waals surface area contributed by atoms with Crippen LogP contribution in [-0.2, 0) is 10.2 Å². The smallest absolute Gasteiger partial charge is 0.298 e. The van der Waals surface area contributed by atoms with Gasteiger partial charge in [-0.2, -0.15) is 8.42 Å². The maximum absolute atomic E-state index is 10.4. The molecule has 0 aliphatic rings. The molecule has 7 nitrogen and oxygen atoms in total. The summed E-state index contributed by atoms with van der Waals surface area (Å²) in [4.78, 5) is 7.17. The van der Waals surface area contributed by atoms with Gasteiger partial charge in [-0.1, -0.05) is 18.2 Å². The highest BCUT2D eigenvalue weighted by atomic mass is 32.2. The van der Waals surface area contributed by atoms with Gasteiger partial charge in [-0.25, -0.2) is 19.8 Å². The van der Waals surface area contributed by atoms with Crippen LogP contribution in [0, 0.1) is 0 Å². The number of hydrogen-bond acceptors (Lipinski definition) is 5. The van der Waals surface area contributed by atoms with E-state index in [2.05, 4.69) is 15.1 Å². The maximum Gasteiger partial charge on any atom is 0.298 e. The number of nitrogens with zero attached hydrogens (tertiary/aromatic N) is 2. The van der Waals surface area contributed by atoms with Gasteiger partial charge in [0.2, 0.25) is 5.95 Å². The van der Waals surface area contributed by atoms with Gasteiger partial charge in [-0.15, -0.1) is 0 Å². The van der Waals surface area contributed by atoms with Crippen molar-refractivity contribution in [1.82, 2.24) is 9.97 Å². The quantitative estimate of drug-likeness (QED) is 0.678. The van der Waals surface area contributed by atoms with Crippen LogP contribution in [0.5, 0.6) is 0 Å². The molecule has 0 atom stereocenters. The van der Waals surface area contributed by atoms with E-state index in [9.17, 15) is 8.42 Å². The predicted molar refractivity (Wildman–Crippen MR) is 69.6 cm³/mol. The van der Waals surface area contributed by atoms with Crippen LogP contribution in [0.2, 0.25) is 0 Å². The first kappa shape index (κ1) is 13.9. The van der Waals surface area contributed by atoms with Crippen LogP contribution in [0.1, 0.15) is 0 Å². The third kappa shape index (κ3) is 6.40. The zero-order chi connectivity index (χ0) is 13.4. The molecule has 0 unspecified atom stereocenters. The van der Waals surface area contributed by atoms with E-state index >= 15 is 0 Å². The molecule has 8 heteroatoms. The molecule has 0 aliphatic carbocycles.